The summed E-state index contributed by atoms with van der Waals surface area (Å²) in [5.41, 5.74) is -4.53. The molecule has 1 aliphatic carbocycles. The van der Waals surface area contributed by atoms with Gasteiger partial charge in [-0.3, -0.25) is 19.0 Å². The largest absolute Gasteiger partial charge is 0.478 e. The molecule has 6 rings (SSSR count). The lowest BCUT2D eigenvalue weighted by molar-refractivity contribution is -0.143. The second-order valence-electron chi connectivity index (χ2n) is 15.7. The van der Waals surface area contributed by atoms with Gasteiger partial charge < -0.3 is 15.5 Å². The number of aromatic nitrogens is 5. The van der Waals surface area contributed by atoms with E-state index in [1.807, 2.05) is 0 Å². The number of pyridine rings is 1. The van der Waals surface area contributed by atoms with Crippen molar-refractivity contribution in [2.24, 2.45) is 0 Å². The topological polar surface area (TPSA) is 155 Å². The van der Waals surface area contributed by atoms with Gasteiger partial charge >= 0.3 is 18.3 Å². The van der Waals surface area contributed by atoms with Gasteiger partial charge in [0.1, 0.15) is 36.1 Å². The second-order valence-corrected chi connectivity index (χ2v) is 18.2. The minimum absolute atomic E-state index is 0.00189. The predicted molar refractivity (Wildman–Crippen MR) is 240 cm³/mol. The number of nitrogens with one attached hydrogen (secondary N) is 1. The zero-order valence-corrected chi connectivity index (χ0v) is 39.3. The summed E-state index contributed by atoms with van der Waals surface area (Å²) in [6, 6.07) is 5.94. The van der Waals surface area contributed by atoms with E-state index >= 15 is 8.78 Å². The highest BCUT2D eigenvalue weighted by Crippen LogP contribution is 2.52. The molecular weight excluding hydrogens is 996 g/mol. The first-order chi connectivity index (χ1) is 32.1. The molecule has 2 aromatic carbocycles. The number of fused-ring (bicyclic) bond motifs is 2. The maximum atomic E-state index is 15.3. The number of carboxylic acids is 1. The Morgan fingerprint density at radius 2 is 1.62 bits per heavy atom. The highest BCUT2D eigenvalue weighted by atomic mass is 35.5. The molecule has 3 heterocycles. The van der Waals surface area contributed by atoms with E-state index in [1.54, 1.807) is 20.1 Å². The number of aliphatic hydroxyl groups excluding tert-OH is 1. The summed E-state index contributed by atoms with van der Waals surface area (Å²) in [4.78, 5) is 43.3. The number of hydrogen-bond donors (Lipinski definition) is 3. The Hall–Kier alpha value is -5.77. The Balaban J connectivity index is 0.00000438. The summed E-state index contributed by atoms with van der Waals surface area (Å²) in [7, 11) is 1.00. The summed E-state index contributed by atoms with van der Waals surface area (Å²) in [5, 5.41) is 25.7. The number of carbonyl (C=O) groups excluding carboxylic acids is 2. The van der Waals surface area contributed by atoms with Crippen LogP contribution in [-0.4, -0.2) is 83.1 Å². The Labute approximate surface area is 400 Å². The van der Waals surface area contributed by atoms with Crippen molar-refractivity contribution < 1.29 is 68.5 Å². The number of anilines is 1. The molecule has 12 nitrogen and oxygen atoms in total. The molecule has 0 saturated heterocycles. The average molecular weight is 1040 g/mol. The first-order valence-corrected chi connectivity index (χ1v) is 22.8. The minimum atomic E-state index is -5.19. The first-order valence-electron chi connectivity index (χ1n) is 20.0. The monoisotopic (exact) mass is 1040 g/mol. The van der Waals surface area contributed by atoms with E-state index in [9.17, 15) is 49.5 Å². The van der Waals surface area contributed by atoms with Gasteiger partial charge in [0.25, 0.3) is 11.8 Å². The van der Waals surface area contributed by atoms with Crippen molar-refractivity contribution in [3.8, 4) is 23.0 Å². The predicted octanol–water partition coefficient (Wildman–Crippen LogP) is 9.86. The summed E-state index contributed by atoms with van der Waals surface area (Å²) >= 11 is 8.67. The number of nitrogens with zero attached hydrogens (tertiary/aromatic N) is 6. The molecule has 0 spiro atoms. The van der Waals surface area contributed by atoms with E-state index in [1.165, 1.54) is 42.3 Å². The van der Waals surface area contributed by atoms with Crippen molar-refractivity contribution in [3.63, 3.8) is 0 Å². The van der Waals surface area contributed by atoms with Gasteiger partial charge in [-0.15, -0.1) is 11.8 Å². The van der Waals surface area contributed by atoms with Crippen LogP contribution in [0.1, 0.15) is 73.1 Å². The van der Waals surface area contributed by atoms with Crippen LogP contribution in [-0.2, 0) is 46.0 Å². The Kier molecular flexibility index (Phi) is 16.5. The third kappa shape index (κ3) is 12.5. The number of carboxylic acid groups (broad SMARTS) is 1. The lowest BCUT2D eigenvalue weighted by atomic mass is 9.93. The smallest absolute Gasteiger partial charge is 0.435 e. The van der Waals surface area contributed by atoms with Crippen LogP contribution in [0.25, 0.3) is 22.0 Å². The van der Waals surface area contributed by atoms with Crippen LogP contribution in [0.3, 0.4) is 0 Å². The van der Waals surface area contributed by atoms with E-state index in [-0.39, 0.29) is 48.7 Å². The van der Waals surface area contributed by atoms with E-state index < -0.39 is 113 Å². The number of aliphatic carboxylic acids is 1. The Morgan fingerprint density at radius 3 is 2.20 bits per heavy atom. The molecule has 0 radical (unpaired) electrons. The van der Waals surface area contributed by atoms with E-state index in [2.05, 4.69) is 32.3 Å². The number of benzene rings is 2. The van der Waals surface area contributed by atoms with Crippen LogP contribution in [0.15, 0.2) is 54.6 Å². The van der Waals surface area contributed by atoms with Crippen molar-refractivity contribution in [3.05, 3.63) is 105 Å². The second kappa shape index (κ2) is 21.1. The number of alkyl halides is 8. The van der Waals surface area contributed by atoms with E-state index in [4.69, 9.17) is 21.8 Å². The highest BCUT2D eigenvalue weighted by Gasteiger charge is 2.53. The summed E-state index contributed by atoms with van der Waals surface area (Å²) in [6.07, 6.45) is -7.46. The maximum Gasteiger partial charge on any atom is 0.435 e. The number of rotatable bonds is 13. The molecule has 0 fully saturated rings. The molecular formula is C44H40ClF10N7O5S2. The van der Waals surface area contributed by atoms with Crippen molar-refractivity contribution in [2.75, 3.05) is 23.9 Å². The minimum Gasteiger partial charge on any atom is -0.478 e. The summed E-state index contributed by atoms with van der Waals surface area (Å²) < 4.78 is 147. The maximum absolute atomic E-state index is 15.3. The van der Waals surface area contributed by atoms with Crippen molar-refractivity contribution in [1.82, 2.24) is 29.9 Å². The molecule has 69 heavy (non-hydrogen) atoms. The average Bonchev–Trinajstić information content (AvgIpc) is 3.89. The van der Waals surface area contributed by atoms with Crippen LogP contribution >= 0.6 is 35.3 Å². The van der Waals surface area contributed by atoms with Gasteiger partial charge in [-0.05, 0) is 86.2 Å². The lowest BCUT2D eigenvalue weighted by Crippen LogP contribution is -2.35. The van der Waals surface area contributed by atoms with Crippen LogP contribution in [0.4, 0.5) is 49.7 Å². The van der Waals surface area contributed by atoms with Gasteiger partial charge in [0.15, 0.2) is 11.5 Å². The zero-order chi connectivity index (χ0) is 51.6. The highest BCUT2D eigenvalue weighted by molar-refractivity contribution is 8.00. The van der Waals surface area contributed by atoms with Gasteiger partial charge in [-0.1, -0.05) is 30.5 Å². The van der Waals surface area contributed by atoms with Gasteiger partial charge in [-0.2, -0.15) is 45.3 Å². The Bertz CT molecular complexity index is 2850. The molecule has 1 aliphatic rings. The summed E-state index contributed by atoms with van der Waals surface area (Å²) in [5.74, 6) is -5.60. The first kappa shape index (κ1) is 54.2. The third-order valence-corrected chi connectivity index (χ3v) is 12.4. The fourth-order valence-corrected chi connectivity index (χ4v) is 8.42. The lowest BCUT2D eigenvalue weighted by Gasteiger charge is -2.23. The standard InChI is InChI=1S/C43H36ClF10N7O4S2.CH4O/c1-21-18-41(47,48)38-33(21)37(43(52,53)54)57-59(38)19-30(62)56-29(16-22-14-23(45)17-24(46)15-22)35-26(7-6-25(55-35)12-13-40(2,3)66-4)27-8-9-28(44)34-36(27)60(20-42(49,50)51)58-39(34)61(67-5)31(63)10-11-32(64)65;1-2/h6-11,14-15,17,21,29H,16,18-20H2,1-5H3,(H,56,62)(H,64,65);2H,1H3/b11-10+;/t21-,29?;/m0./s1. The number of halogens is 11. The summed E-state index contributed by atoms with van der Waals surface area (Å²) in [6.45, 7) is 1.71. The number of thioether (sulfide) groups is 1. The van der Waals surface area contributed by atoms with Crippen molar-refractivity contribution in [1.29, 1.82) is 0 Å². The third-order valence-electron chi connectivity index (χ3n) is 10.3. The van der Waals surface area contributed by atoms with Gasteiger partial charge in [0.05, 0.1) is 32.4 Å². The fraction of sp³-hybridized carbons (Fsp3) is 0.364. The molecule has 25 heteroatoms. The normalized spacial score (nSPS) is 15.0. The zero-order valence-electron chi connectivity index (χ0n) is 37.0. The van der Waals surface area contributed by atoms with E-state index in [0.29, 0.717) is 34.8 Å². The molecule has 2 amide bonds. The van der Waals surface area contributed by atoms with Crippen molar-refractivity contribution in [2.45, 2.75) is 81.7 Å². The molecule has 5 aromatic rings. The fourth-order valence-electron chi connectivity index (χ4n) is 7.49. The molecule has 370 valence electrons. The number of aliphatic hydroxyl groups is 1. The van der Waals surface area contributed by atoms with Crippen LogP contribution in [0, 0.1) is 23.5 Å². The van der Waals surface area contributed by atoms with Crippen molar-refractivity contribution >= 4 is 69.8 Å². The number of hydrogen-bond acceptors (Lipinski definition) is 9. The van der Waals surface area contributed by atoms with Crippen LogP contribution in [0.2, 0.25) is 5.02 Å². The van der Waals surface area contributed by atoms with Gasteiger partial charge in [-0.25, -0.2) is 22.9 Å². The molecule has 0 bridgehead atoms. The number of amides is 2. The van der Waals surface area contributed by atoms with Gasteiger partial charge in [0, 0.05) is 54.7 Å². The molecule has 0 aliphatic heterocycles. The van der Waals surface area contributed by atoms with E-state index in [0.717, 1.165) is 30.5 Å². The van der Waals surface area contributed by atoms with Crippen LogP contribution < -0.4 is 9.62 Å². The molecule has 0 saturated carbocycles. The molecule has 3 aromatic heterocycles. The van der Waals surface area contributed by atoms with Gasteiger partial charge in [0.2, 0.25) is 5.91 Å². The number of carbonyl (C=O) groups is 3. The molecule has 2 atom stereocenters. The SMILES string of the molecule is CO.CSN(C(=O)/C=C/C(=O)O)c1nn(CC(F)(F)F)c2c(-c3ccc(C#CC(C)(C)SC)nc3C(Cc3cc(F)cc(F)c3)NC(=O)Cn3nc(C(F)(F)F)c4c3C(F)(F)C[C@@H]4C)ccc(Cl)c12. The molecule has 1 unspecified atom stereocenters. The van der Waals surface area contributed by atoms with Crippen LogP contribution in [0.5, 0.6) is 0 Å². The quantitative estimate of drug-likeness (QED) is 0.0449. The Morgan fingerprint density at radius 1 is 0.986 bits per heavy atom. The molecule has 3 N–H and O–H groups in total.